The number of nitrogens with zero attached hydrogens (tertiary/aromatic N) is 5. The summed E-state index contributed by atoms with van der Waals surface area (Å²) in [6.07, 6.45) is 3.25. The molecule has 1 amide bonds. The molecule has 34 heavy (non-hydrogen) atoms. The summed E-state index contributed by atoms with van der Waals surface area (Å²) in [5, 5.41) is 20.6. The monoisotopic (exact) mass is 469 g/mol. The molecule has 0 bridgehead atoms. The molecule has 4 heterocycles. The number of anilines is 1. The number of H-pyrrole nitrogens is 1. The van der Waals surface area contributed by atoms with Gasteiger partial charge in [-0.25, -0.2) is 4.98 Å². The highest BCUT2D eigenvalue weighted by Gasteiger charge is 2.26. The third-order valence-corrected chi connectivity index (χ3v) is 5.86. The van der Waals surface area contributed by atoms with Crippen LogP contribution in [0.3, 0.4) is 0 Å². The van der Waals surface area contributed by atoms with Crippen molar-refractivity contribution in [2.24, 2.45) is 0 Å². The third-order valence-electron chi connectivity index (χ3n) is 5.86. The molecule has 182 valence electrons. The molecule has 0 unspecified atom stereocenters. The Bertz CT molecular complexity index is 1110. The Morgan fingerprint density at radius 2 is 2.12 bits per heavy atom. The molecule has 1 aliphatic rings. The fraction of sp³-hybridized carbons (Fsp3) is 0.522. The molecule has 1 saturated heterocycles. The number of carbonyl (C=O) groups is 1. The maximum absolute atomic E-state index is 12.7. The molecule has 0 radical (unpaired) electrons. The number of hydrogen-bond donors (Lipinski definition) is 3. The standard InChI is InChI=1S/C23H31N7O4/c1-14(12-31)25-22(32)18-11-19(27-23(26-18)34-15(2)13-33-3)30-9-6-16(7-10-30)20-17-5-4-8-24-21(17)29-28-20/h4-5,8,11,14-16,31H,6-7,9-10,12-13H2,1-3H3,(H,25,32)(H,24,28,29)/t14-,15-/m1/s1. The first-order valence-corrected chi connectivity index (χ1v) is 11.5. The van der Waals surface area contributed by atoms with Crippen LogP contribution >= 0.6 is 0 Å². The van der Waals surface area contributed by atoms with Crippen LogP contribution in [0.15, 0.2) is 24.4 Å². The number of aromatic nitrogens is 5. The van der Waals surface area contributed by atoms with Crippen molar-refractivity contribution in [2.75, 3.05) is 38.3 Å². The second-order valence-electron chi connectivity index (χ2n) is 8.60. The van der Waals surface area contributed by atoms with E-state index < -0.39 is 6.04 Å². The highest BCUT2D eigenvalue weighted by Crippen LogP contribution is 2.32. The quantitative estimate of drug-likeness (QED) is 0.427. The lowest BCUT2D eigenvalue weighted by atomic mass is 9.92. The maximum atomic E-state index is 12.7. The molecular weight excluding hydrogens is 438 g/mol. The van der Waals surface area contributed by atoms with Gasteiger partial charge in [0.15, 0.2) is 5.65 Å². The number of pyridine rings is 1. The van der Waals surface area contributed by atoms with Gasteiger partial charge in [-0.2, -0.15) is 15.1 Å². The first-order valence-electron chi connectivity index (χ1n) is 11.5. The number of rotatable bonds is 9. The largest absolute Gasteiger partial charge is 0.458 e. The van der Waals surface area contributed by atoms with Crippen LogP contribution in [-0.2, 0) is 4.74 Å². The highest BCUT2D eigenvalue weighted by molar-refractivity contribution is 5.93. The van der Waals surface area contributed by atoms with Crippen LogP contribution in [0.2, 0.25) is 0 Å². The minimum absolute atomic E-state index is 0.121. The van der Waals surface area contributed by atoms with E-state index in [0.29, 0.717) is 18.3 Å². The van der Waals surface area contributed by atoms with Crippen LogP contribution in [0, 0.1) is 0 Å². The van der Waals surface area contributed by atoms with Crippen molar-refractivity contribution in [1.82, 2.24) is 30.5 Å². The van der Waals surface area contributed by atoms with Gasteiger partial charge in [-0.3, -0.25) is 9.89 Å². The summed E-state index contributed by atoms with van der Waals surface area (Å²) in [4.78, 5) is 28.1. The fourth-order valence-corrected chi connectivity index (χ4v) is 4.10. The van der Waals surface area contributed by atoms with Crippen molar-refractivity contribution >= 4 is 22.8 Å². The number of fused-ring (bicyclic) bond motifs is 1. The summed E-state index contributed by atoms with van der Waals surface area (Å²) in [6.45, 7) is 5.27. The van der Waals surface area contributed by atoms with E-state index in [1.54, 1.807) is 26.3 Å². The smallest absolute Gasteiger partial charge is 0.319 e. The van der Waals surface area contributed by atoms with Gasteiger partial charge in [0, 0.05) is 49.8 Å². The Hall–Kier alpha value is -3.31. The Morgan fingerprint density at radius 1 is 1.32 bits per heavy atom. The number of methoxy groups -OCH3 is 1. The minimum Gasteiger partial charge on any atom is -0.458 e. The molecule has 0 aromatic carbocycles. The number of ether oxygens (including phenoxy) is 2. The molecule has 4 rings (SSSR count). The zero-order chi connectivity index (χ0) is 24.1. The summed E-state index contributed by atoms with van der Waals surface area (Å²) in [7, 11) is 1.59. The van der Waals surface area contributed by atoms with Crippen molar-refractivity contribution < 1.29 is 19.4 Å². The number of aromatic amines is 1. The average Bonchev–Trinajstić information content (AvgIpc) is 3.28. The fourth-order valence-electron chi connectivity index (χ4n) is 4.10. The number of piperidine rings is 1. The van der Waals surface area contributed by atoms with Crippen molar-refractivity contribution in [1.29, 1.82) is 0 Å². The molecule has 3 aromatic rings. The molecule has 3 aromatic heterocycles. The lowest BCUT2D eigenvalue weighted by Gasteiger charge is -2.32. The molecule has 0 aliphatic carbocycles. The molecule has 2 atom stereocenters. The van der Waals surface area contributed by atoms with E-state index in [9.17, 15) is 9.90 Å². The van der Waals surface area contributed by atoms with Gasteiger partial charge in [-0.1, -0.05) is 0 Å². The third kappa shape index (κ3) is 5.42. The minimum atomic E-state index is -0.392. The lowest BCUT2D eigenvalue weighted by molar-refractivity contribution is 0.0839. The first kappa shape index (κ1) is 23.8. The van der Waals surface area contributed by atoms with Gasteiger partial charge in [-0.05, 0) is 38.8 Å². The van der Waals surface area contributed by atoms with Gasteiger partial charge in [-0.15, -0.1) is 0 Å². The topological polar surface area (TPSA) is 138 Å². The van der Waals surface area contributed by atoms with E-state index in [1.807, 2.05) is 19.1 Å². The molecule has 0 saturated carbocycles. The number of carbonyl (C=O) groups excluding carboxylic acids is 1. The van der Waals surface area contributed by atoms with Crippen LogP contribution in [-0.4, -0.2) is 81.7 Å². The average molecular weight is 470 g/mol. The SMILES string of the molecule is COC[C@@H](C)Oc1nc(C(=O)N[C@H](C)CO)cc(N2CCC(c3n[nH]c4ncccc34)CC2)n1. The van der Waals surface area contributed by atoms with Crippen LogP contribution < -0.4 is 15.0 Å². The predicted molar refractivity (Wildman–Crippen MR) is 126 cm³/mol. The summed E-state index contributed by atoms with van der Waals surface area (Å²) in [5.41, 5.74) is 2.03. The Morgan fingerprint density at radius 3 is 2.85 bits per heavy atom. The Labute approximate surface area is 197 Å². The van der Waals surface area contributed by atoms with Gasteiger partial charge in [0.1, 0.15) is 17.6 Å². The van der Waals surface area contributed by atoms with E-state index >= 15 is 0 Å². The summed E-state index contributed by atoms with van der Waals surface area (Å²) >= 11 is 0. The van der Waals surface area contributed by atoms with Crippen LogP contribution in [0.25, 0.3) is 11.0 Å². The molecule has 1 fully saturated rings. The second-order valence-corrected chi connectivity index (χ2v) is 8.60. The highest BCUT2D eigenvalue weighted by atomic mass is 16.5. The van der Waals surface area contributed by atoms with E-state index in [4.69, 9.17) is 9.47 Å². The number of aliphatic hydroxyl groups excluding tert-OH is 1. The van der Waals surface area contributed by atoms with E-state index in [0.717, 1.165) is 42.7 Å². The van der Waals surface area contributed by atoms with Crippen molar-refractivity contribution in [3.63, 3.8) is 0 Å². The summed E-state index contributed by atoms with van der Waals surface area (Å²) < 4.78 is 10.9. The zero-order valence-electron chi connectivity index (χ0n) is 19.7. The van der Waals surface area contributed by atoms with E-state index in [1.165, 1.54) is 0 Å². The zero-order valence-corrected chi connectivity index (χ0v) is 19.7. The normalized spacial score (nSPS) is 16.4. The molecule has 3 N–H and O–H groups in total. The number of hydrogen-bond acceptors (Lipinski definition) is 9. The van der Waals surface area contributed by atoms with Crippen LogP contribution in [0.5, 0.6) is 6.01 Å². The molecule has 11 nitrogen and oxygen atoms in total. The van der Waals surface area contributed by atoms with Gasteiger partial charge >= 0.3 is 6.01 Å². The maximum Gasteiger partial charge on any atom is 0.319 e. The Kier molecular flexibility index (Phi) is 7.53. The Balaban J connectivity index is 1.52. The number of amides is 1. The molecule has 11 heteroatoms. The molecule has 0 spiro atoms. The van der Waals surface area contributed by atoms with Crippen LogP contribution in [0.4, 0.5) is 5.82 Å². The number of aliphatic hydroxyl groups is 1. The van der Waals surface area contributed by atoms with E-state index in [-0.39, 0.29) is 30.3 Å². The lowest BCUT2D eigenvalue weighted by Crippen LogP contribution is -2.37. The van der Waals surface area contributed by atoms with Crippen LogP contribution in [0.1, 0.15) is 48.8 Å². The van der Waals surface area contributed by atoms with Crippen molar-refractivity contribution in [3.05, 3.63) is 35.8 Å². The predicted octanol–water partition coefficient (Wildman–Crippen LogP) is 1.66. The van der Waals surface area contributed by atoms with Gasteiger partial charge in [0.2, 0.25) is 0 Å². The van der Waals surface area contributed by atoms with Crippen molar-refractivity contribution in [2.45, 2.75) is 44.8 Å². The summed E-state index contributed by atoms with van der Waals surface area (Å²) in [5.74, 6) is 0.546. The van der Waals surface area contributed by atoms with E-state index in [2.05, 4.69) is 35.4 Å². The van der Waals surface area contributed by atoms with Gasteiger partial charge in [0.25, 0.3) is 5.91 Å². The summed E-state index contributed by atoms with van der Waals surface area (Å²) in [6, 6.07) is 5.36. The second kappa shape index (κ2) is 10.7. The van der Waals surface area contributed by atoms with Gasteiger partial charge < -0.3 is 24.8 Å². The van der Waals surface area contributed by atoms with Gasteiger partial charge in [0.05, 0.1) is 18.9 Å². The molecule has 1 aliphatic heterocycles. The first-order chi connectivity index (χ1) is 16.5. The molecular formula is C23H31N7O4. The van der Waals surface area contributed by atoms with Crippen molar-refractivity contribution in [3.8, 4) is 6.01 Å². The number of nitrogens with one attached hydrogen (secondary N) is 2.